The normalized spacial score (nSPS) is 9.96. The van der Waals surface area contributed by atoms with Gasteiger partial charge in [0, 0.05) is 12.1 Å². The van der Waals surface area contributed by atoms with Crippen molar-refractivity contribution >= 4 is 23.2 Å². The molecule has 0 unspecified atom stereocenters. The fraction of sp³-hybridized carbons (Fsp3) is 0.263. The Labute approximate surface area is 157 Å². The highest BCUT2D eigenvalue weighted by Gasteiger charge is 2.14. The molecule has 0 aliphatic heterocycles. The van der Waals surface area contributed by atoms with E-state index in [1.165, 1.54) is 7.11 Å². The topological polar surface area (TPSA) is 80.6 Å². The molecule has 2 aromatic rings. The molecule has 2 aromatic carbocycles. The molecule has 0 spiro atoms. The van der Waals surface area contributed by atoms with Crippen LogP contribution in [0, 0.1) is 11.3 Å². The van der Waals surface area contributed by atoms with E-state index in [0.29, 0.717) is 39.9 Å². The van der Waals surface area contributed by atoms with E-state index in [0.717, 1.165) is 5.56 Å². The summed E-state index contributed by atoms with van der Waals surface area (Å²) in [4.78, 5) is 12.2. The Morgan fingerprint density at radius 1 is 1.12 bits per heavy atom. The van der Waals surface area contributed by atoms with Crippen molar-refractivity contribution in [2.45, 2.75) is 12.8 Å². The fourth-order valence-corrected chi connectivity index (χ4v) is 2.67. The number of nitriles is 1. The maximum atomic E-state index is 12.2. The molecule has 0 saturated heterocycles. The molecule has 0 fully saturated rings. The lowest BCUT2D eigenvalue weighted by Gasteiger charge is -2.14. The number of ether oxygens (including phenoxy) is 3. The number of halogens is 1. The number of methoxy groups -OCH3 is 3. The monoisotopic (exact) mass is 374 g/mol. The van der Waals surface area contributed by atoms with E-state index < -0.39 is 0 Å². The van der Waals surface area contributed by atoms with E-state index in [9.17, 15) is 4.79 Å². The van der Waals surface area contributed by atoms with Gasteiger partial charge in [0.1, 0.15) is 6.07 Å². The minimum atomic E-state index is -0.167. The van der Waals surface area contributed by atoms with Crippen molar-refractivity contribution in [1.29, 1.82) is 5.26 Å². The van der Waals surface area contributed by atoms with Crippen LogP contribution >= 0.6 is 11.6 Å². The van der Waals surface area contributed by atoms with Gasteiger partial charge < -0.3 is 19.5 Å². The van der Waals surface area contributed by atoms with Crippen molar-refractivity contribution in [2.24, 2.45) is 0 Å². The zero-order chi connectivity index (χ0) is 19.1. The molecule has 1 amide bonds. The summed E-state index contributed by atoms with van der Waals surface area (Å²) in [5, 5.41) is 11.9. The number of amides is 1. The average Bonchev–Trinajstić information content (AvgIpc) is 2.65. The Balaban J connectivity index is 2.05. The van der Waals surface area contributed by atoms with Gasteiger partial charge in [0.2, 0.25) is 11.7 Å². The quantitative estimate of drug-likeness (QED) is 0.797. The van der Waals surface area contributed by atoms with Crippen LogP contribution in [-0.4, -0.2) is 27.2 Å². The van der Waals surface area contributed by atoms with Crippen LogP contribution in [0.5, 0.6) is 17.2 Å². The first kappa shape index (κ1) is 19.4. The number of hydrogen-bond acceptors (Lipinski definition) is 5. The second kappa shape index (κ2) is 8.97. The Hall–Kier alpha value is -2.91. The van der Waals surface area contributed by atoms with Crippen molar-refractivity contribution in [3.63, 3.8) is 0 Å². The van der Waals surface area contributed by atoms with Gasteiger partial charge in [0.25, 0.3) is 0 Å². The highest BCUT2D eigenvalue weighted by molar-refractivity contribution is 6.32. The molecule has 7 heteroatoms. The van der Waals surface area contributed by atoms with E-state index in [-0.39, 0.29) is 12.3 Å². The lowest BCUT2D eigenvalue weighted by atomic mass is 10.1. The molecule has 0 aliphatic carbocycles. The molecular weight excluding hydrogens is 356 g/mol. The standard InChI is InChI=1S/C19H19ClN2O4/c1-24-16-8-12(9-17(25-2)19(16)26-3)4-7-18(23)22-14-6-5-13(11-21)15(20)10-14/h5-6,8-10H,4,7H2,1-3H3,(H,22,23). The zero-order valence-electron chi connectivity index (χ0n) is 14.8. The van der Waals surface area contributed by atoms with E-state index in [2.05, 4.69) is 5.32 Å². The van der Waals surface area contributed by atoms with E-state index >= 15 is 0 Å². The maximum absolute atomic E-state index is 12.2. The molecule has 2 rings (SSSR count). The Morgan fingerprint density at radius 2 is 1.77 bits per heavy atom. The molecular formula is C19H19ClN2O4. The molecule has 0 heterocycles. The maximum Gasteiger partial charge on any atom is 0.224 e. The van der Waals surface area contributed by atoms with Crippen molar-refractivity contribution in [3.8, 4) is 23.3 Å². The van der Waals surface area contributed by atoms with Crippen LogP contribution in [-0.2, 0) is 11.2 Å². The Morgan fingerprint density at radius 3 is 2.27 bits per heavy atom. The first-order chi connectivity index (χ1) is 12.5. The number of benzene rings is 2. The molecule has 0 aromatic heterocycles. The van der Waals surface area contributed by atoms with Gasteiger partial charge in [-0.05, 0) is 42.3 Å². The van der Waals surface area contributed by atoms with Crippen LogP contribution in [0.25, 0.3) is 0 Å². The summed E-state index contributed by atoms with van der Waals surface area (Å²) in [5.41, 5.74) is 1.79. The van der Waals surface area contributed by atoms with Crippen LogP contribution in [0.2, 0.25) is 5.02 Å². The summed E-state index contributed by atoms with van der Waals surface area (Å²) in [6.07, 6.45) is 0.753. The summed E-state index contributed by atoms with van der Waals surface area (Å²) in [7, 11) is 4.63. The van der Waals surface area contributed by atoms with Gasteiger partial charge in [-0.3, -0.25) is 4.79 Å². The van der Waals surface area contributed by atoms with Crippen LogP contribution in [0.4, 0.5) is 5.69 Å². The van der Waals surface area contributed by atoms with Crippen molar-refractivity contribution < 1.29 is 19.0 Å². The minimum Gasteiger partial charge on any atom is -0.493 e. The number of carbonyl (C=O) groups is 1. The molecule has 0 saturated carbocycles. The van der Waals surface area contributed by atoms with E-state index in [4.69, 9.17) is 31.1 Å². The number of carbonyl (C=O) groups excluding carboxylic acids is 1. The summed E-state index contributed by atoms with van der Waals surface area (Å²) >= 11 is 5.97. The molecule has 0 atom stereocenters. The summed E-state index contributed by atoms with van der Waals surface area (Å²) in [6.45, 7) is 0. The number of rotatable bonds is 7. The van der Waals surface area contributed by atoms with Crippen molar-refractivity contribution in [1.82, 2.24) is 0 Å². The van der Waals surface area contributed by atoms with Crippen LogP contribution in [0.1, 0.15) is 17.5 Å². The van der Waals surface area contributed by atoms with E-state index in [1.54, 1.807) is 32.4 Å². The van der Waals surface area contributed by atoms with Gasteiger partial charge >= 0.3 is 0 Å². The molecule has 136 valence electrons. The number of nitrogens with one attached hydrogen (secondary N) is 1. The molecule has 0 bridgehead atoms. The van der Waals surface area contributed by atoms with Crippen molar-refractivity contribution in [3.05, 3.63) is 46.5 Å². The molecule has 26 heavy (non-hydrogen) atoms. The van der Waals surface area contributed by atoms with Gasteiger partial charge in [-0.2, -0.15) is 5.26 Å². The molecule has 0 radical (unpaired) electrons. The van der Waals surface area contributed by atoms with Crippen LogP contribution in [0.3, 0.4) is 0 Å². The third-order valence-corrected chi connectivity index (χ3v) is 4.05. The molecule has 1 N–H and O–H groups in total. The highest BCUT2D eigenvalue weighted by Crippen LogP contribution is 2.38. The lowest BCUT2D eigenvalue weighted by molar-refractivity contribution is -0.116. The first-order valence-corrected chi connectivity index (χ1v) is 8.18. The predicted molar refractivity (Wildman–Crippen MR) is 99.2 cm³/mol. The smallest absolute Gasteiger partial charge is 0.224 e. The highest BCUT2D eigenvalue weighted by atomic mass is 35.5. The predicted octanol–water partition coefficient (Wildman–Crippen LogP) is 3.81. The number of anilines is 1. The first-order valence-electron chi connectivity index (χ1n) is 7.80. The average molecular weight is 375 g/mol. The van der Waals surface area contributed by atoms with Gasteiger partial charge in [0.15, 0.2) is 11.5 Å². The lowest BCUT2D eigenvalue weighted by Crippen LogP contribution is -2.12. The number of aryl methyl sites for hydroxylation is 1. The zero-order valence-corrected chi connectivity index (χ0v) is 15.5. The summed E-state index contributed by atoms with van der Waals surface area (Å²) < 4.78 is 15.9. The second-order valence-electron chi connectivity index (χ2n) is 5.39. The van der Waals surface area contributed by atoms with Gasteiger partial charge in [-0.1, -0.05) is 11.6 Å². The van der Waals surface area contributed by atoms with E-state index in [1.807, 2.05) is 18.2 Å². The Kier molecular flexibility index (Phi) is 6.70. The van der Waals surface area contributed by atoms with Crippen LogP contribution < -0.4 is 19.5 Å². The van der Waals surface area contributed by atoms with Crippen molar-refractivity contribution in [2.75, 3.05) is 26.6 Å². The van der Waals surface area contributed by atoms with Crippen LogP contribution in [0.15, 0.2) is 30.3 Å². The summed E-state index contributed by atoms with van der Waals surface area (Å²) in [5.74, 6) is 1.43. The Bertz CT molecular complexity index is 821. The third kappa shape index (κ3) is 4.58. The SMILES string of the molecule is COc1cc(CCC(=O)Nc2ccc(C#N)c(Cl)c2)cc(OC)c1OC. The van der Waals surface area contributed by atoms with Gasteiger partial charge in [-0.15, -0.1) is 0 Å². The largest absolute Gasteiger partial charge is 0.493 e. The number of hydrogen-bond donors (Lipinski definition) is 1. The third-order valence-electron chi connectivity index (χ3n) is 3.74. The van der Waals surface area contributed by atoms with Gasteiger partial charge in [0.05, 0.1) is 31.9 Å². The second-order valence-corrected chi connectivity index (χ2v) is 5.80. The number of nitrogens with zero attached hydrogens (tertiary/aromatic N) is 1. The van der Waals surface area contributed by atoms with Gasteiger partial charge in [-0.25, -0.2) is 0 Å². The molecule has 6 nitrogen and oxygen atoms in total. The molecule has 0 aliphatic rings. The summed E-state index contributed by atoms with van der Waals surface area (Å²) in [6, 6.07) is 10.4. The minimum absolute atomic E-state index is 0.167. The fourth-order valence-electron chi connectivity index (χ4n) is 2.44.